The number of carbonyl (C=O) groups excluding carboxylic acids is 1. The van der Waals surface area contributed by atoms with Crippen molar-refractivity contribution in [2.75, 3.05) is 12.4 Å². The first-order valence-electron chi connectivity index (χ1n) is 5.11. The molecular formula is C12H15BrFNO2. The number of hydrogen-bond donors (Lipinski definition) is 1. The molecule has 1 aromatic rings. The summed E-state index contributed by atoms with van der Waals surface area (Å²) in [4.78, 5) is 11.8. The Hall–Kier alpha value is -1.10. The lowest BCUT2D eigenvalue weighted by Gasteiger charge is -2.23. The Morgan fingerprint density at radius 2 is 2.18 bits per heavy atom. The van der Waals surface area contributed by atoms with Crippen LogP contribution in [0, 0.1) is 5.82 Å². The third kappa shape index (κ3) is 3.70. The quantitative estimate of drug-likeness (QED) is 0.869. The van der Waals surface area contributed by atoms with Gasteiger partial charge < -0.3 is 10.1 Å². The second-order valence-electron chi connectivity index (χ2n) is 4.32. The number of alkyl halides is 1. The molecule has 0 heterocycles. The maximum absolute atomic E-state index is 13.6. The van der Waals surface area contributed by atoms with Gasteiger partial charge in [0.2, 0.25) is 0 Å². The highest BCUT2D eigenvalue weighted by Gasteiger charge is 2.21. The summed E-state index contributed by atoms with van der Waals surface area (Å²) in [6, 6.07) is 4.16. The minimum atomic E-state index is -0.591. The van der Waals surface area contributed by atoms with Crippen molar-refractivity contribution in [3.63, 3.8) is 0 Å². The number of ether oxygens (including phenoxy) is 1. The van der Waals surface area contributed by atoms with Gasteiger partial charge in [-0.05, 0) is 26.0 Å². The largest absolute Gasteiger partial charge is 0.497 e. The molecule has 1 N–H and O–H groups in total. The number of nitrogens with one attached hydrogen (secondary N) is 1. The van der Waals surface area contributed by atoms with E-state index in [1.165, 1.54) is 19.2 Å². The number of benzene rings is 1. The number of amides is 1. The summed E-state index contributed by atoms with van der Waals surface area (Å²) in [7, 11) is 1.45. The highest BCUT2D eigenvalue weighted by molar-refractivity contribution is 9.09. The van der Waals surface area contributed by atoms with Crippen LogP contribution < -0.4 is 10.1 Å². The van der Waals surface area contributed by atoms with Crippen LogP contribution in [0.2, 0.25) is 0 Å². The molecule has 0 saturated heterocycles. The standard InChI is InChI=1S/C12H15BrFNO2/c1-12(2,7-13)15-11(16)9-5-4-8(17-3)6-10(9)14/h4-6H,7H2,1-3H3,(H,15,16). The van der Waals surface area contributed by atoms with Gasteiger partial charge in [-0.1, -0.05) is 15.9 Å². The van der Waals surface area contributed by atoms with Gasteiger partial charge in [-0.25, -0.2) is 4.39 Å². The van der Waals surface area contributed by atoms with Crippen molar-refractivity contribution in [3.8, 4) is 5.75 Å². The van der Waals surface area contributed by atoms with Gasteiger partial charge in [-0.2, -0.15) is 0 Å². The summed E-state index contributed by atoms with van der Waals surface area (Å²) in [6.07, 6.45) is 0. The highest BCUT2D eigenvalue weighted by Crippen LogP contribution is 2.17. The number of methoxy groups -OCH3 is 1. The Morgan fingerprint density at radius 3 is 2.65 bits per heavy atom. The van der Waals surface area contributed by atoms with E-state index >= 15 is 0 Å². The number of rotatable bonds is 4. The van der Waals surface area contributed by atoms with Crippen molar-refractivity contribution in [2.45, 2.75) is 19.4 Å². The minimum Gasteiger partial charge on any atom is -0.497 e. The monoisotopic (exact) mass is 303 g/mol. The molecule has 0 aliphatic heterocycles. The van der Waals surface area contributed by atoms with Crippen molar-refractivity contribution in [1.82, 2.24) is 5.32 Å². The van der Waals surface area contributed by atoms with E-state index in [1.807, 2.05) is 13.8 Å². The van der Waals surface area contributed by atoms with Gasteiger partial charge >= 0.3 is 0 Å². The van der Waals surface area contributed by atoms with E-state index in [2.05, 4.69) is 21.2 Å². The molecule has 1 aromatic carbocycles. The molecule has 0 fully saturated rings. The molecule has 0 unspecified atom stereocenters. The third-order valence-corrected chi connectivity index (χ3v) is 3.61. The van der Waals surface area contributed by atoms with Crippen LogP contribution in [0.5, 0.6) is 5.75 Å². The van der Waals surface area contributed by atoms with Crippen molar-refractivity contribution >= 4 is 21.8 Å². The first-order chi connectivity index (χ1) is 7.89. The summed E-state index contributed by atoms with van der Waals surface area (Å²) in [5.41, 5.74) is -0.413. The van der Waals surface area contributed by atoms with Crippen LogP contribution in [0.1, 0.15) is 24.2 Å². The van der Waals surface area contributed by atoms with E-state index in [0.717, 1.165) is 0 Å². The molecule has 0 atom stereocenters. The second-order valence-corrected chi connectivity index (χ2v) is 4.88. The first-order valence-corrected chi connectivity index (χ1v) is 6.24. The lowest BCUT2D eigenvalue weighted by atomic mass is 10.1. The lowest BCUT2D eigenvalue weighted by Crippen LogP contribution is -2.45. The van der Waals surface area contributed by atoms with Gasteiger partial charge in [0.25, 0.3) is 5.91 Å². The van der Waals surface area contributed by atoms with Gasteiger partial charge in [0.05, 0.1) is 12.7 Å². The maximum atomic E-state index is 13.6. The predicted octanol–water partition coefficient (Wildman–Crippen LogP) is 2.74. The highest BCUT2D eigenvalue weighted by atomic mass is 79.9. The van der Waals surface area contributed by atoms with Gasteiger partial charge in [-0.3, -0.25) is 4.79 Å². The molecule has 0 radical (unpaired) electrons. The fraction of sp³-hybridized carbons (Fsp3) is 0.417. The number of halogens is 2. The van der Waals surface area contributed by atoms with Crippen LogP contribution in [0.15, 0.2) is 18.2 Å². The zero-order valence-corrected chi connectivity index (χ0v) is 11.6. The van der Waals surface area contributed by atoms with Crippen LogP contribution >= 0.6 is 15.9 Å². The van der Waals surface area contributed by atoms with Gasteiger partial charge in [0, 0.05) is 16.9 Å². The minimum absolute atomic E-state index is 0.0137. The molecule has 5 heteroatoms. The number of hydrogen-bond acceptors (Lipinski definition) is 2. The molecule has 0 saturated carbocycles. The molecule has 0 bridgehead atoms. The fourth-order valence-electron chi connectivity index (χ4n) is 1.22. The van der Waals surface area contributed by atoms with Gasteiger partial charge in [0.15, 0.2) is 0 Å². The van der Waals surface area contributed by atoms with Crippen LogP contribution in [0.4, 0.5) is 4.39 Å². The van der Waals surface area contributed by atoms with E-state index in [1.54, 1.807) is 6.07 Å². The second kappa shape index (κ2) is 5.49. The molecule has 17 heavy (non-hydrogen) atoms. The molecule has 0 aliphatic carbocycles. The van der Waals surface area contributed by atoms with Gasteiger partial charge in [0.1, 0.15) is 11.6 Å². The topological polar surface area (TPSA) is 38.3 Å². The Balaban J connectivity index is 2.90. The van der Waals surface area contributed by atoms with E-state index in [4.69, 9.17) is 4.74 Å². The SMILES string of the molecule is COc1ccc(C(=O)NC(C)(C)CBr)c(F)c1. The lowest BCUT2D eigenvalue weighted by molar-refractivity contribution is 0.0917. The molecule has 3 nitrogen and oxygen atoms in total. The van der Waals surface area contributed by atoms with E-state index in [0.29, 0.717) is 11.1 Å². The molecule has 94 valence electrons. The average molecular weight is 304 g/mol. The third-order valence-electron chi connectivity index (χ3n) is 2.21. The first kappa shape index (κ1) is 14.0. The summed E-state index contributed by atoms with van der Waals surface area (Å²) in [6.45, 7) is 3.70. The zero-order chi connectivity index (χ0) is 13.1. The molecule has 0 spiro atoms. The molecule has 1 rings (SSSR count). The van der Waals surface area contributed by atoms with Crippen molar-refractivity contribution in [2.24, 2.45) is 0 Å². The van der Waals surface area contributed by atoms with Crippen molar-refractivity contribution < 1.29 is 13.9 Å². The van der Waals surface area contributed by atoms with Crippen LogP contribution in [0.3, 0.4) is 0 Å². The summed E-state index contributed by atoms with van der Waals surface area (Å²) >= 11 is 3.28. The predicted molar refractivity (Wildman–Crippen MR) is 68.3 cm³/mol. The van der Waals surface area contributed by atoms with Crippen molar-refractivity contribution in [1.29, 1.82) is 0 Å². The Kier molecular flexibility index (Phi) is 4.51. The Morgan fingerprint density at radius 1 is 1.53 bits per heavy atom. The van der Waals surface area contributed by atoms with E-state index in [9.17, 15) is 9.18 Å². The smallest absolute Gasteiger partial charge is 0.254 e. The molecular weight excluding hydrogens is 289 g/mol. The van der Waals surface area contributed by atoms with E-state index < -0.39 is 17.3 Å². The van der Waals surface area contributed by atoms with Crippen LogP contribution in [-0.4, -0.2) is 23.9 Å². The van der Waals surface area contributed by atoms with Gasteiger partial charge in [-0.15, -0.1) is 0 Å². The fourth-order valence-corrected chi connectivity index (χ4v) is 1.36. The Labute approximate surface area is 108 Å². The van der Waals surface area contributed by atoms with E-state index in [-0.39, 0.29) is 5.56 Å². The molecule has 0 aromatic heterocycles. The van der Waals surface area contributed by atoms with Crippen LogP contribution in [-0.2, 0) is 0 Å². The number of carbonyl (C=O) groups is 1. The molecule has 0 aliphatic rings. The average Bonchev–Trinajstić information content (AvgIpc) is 2.28. The molecule has 1 amide bonds. The summed E-state index contributed by atoms with van der Waals surface area (Å²) in [5.74, 6) is -0.638. The Bertz CT molecular complexity index is 421. The summed E-state index contributed by atoms with van der Waals surface area (Å²) < 4.78 is 18.5. The zero-order valence-electron chi connectivity index (χ0n) is 10.0. The van der Waals surface area contributed by atoms with Crippen LogP contribution in [0.25, 0.3) is 0 Å². The van der Waals surface area contributed by atoms with Crippen molar-refractivity contribution in [3.05, 3.63) is 29.6 Å². The summed E-state index contributed by atoms with van der Waals surface area (Å²) in [5, 5.41) is 3.32. The maximum Gasteiger partial charge on any atom is 0.254 e. The normalized spacial score (nSPS) is 11.1.